The van der Waals surface area contributed by atoms with E-state index in [1.807, 2.05) is 6.92 Å². The Morgan fingerprint density at radius 2 is 2.10 bits per heavy atom. The van der Waals surface area contributed by atoms with E-state index < -0.39 is 11.5 Å². The number of hydrogen-bond donors (Lipinski definition) is 2. The van der Waals surface area contributed by atoms with Gasteiger partial charge in [-0.05, 0) is 25.5 Å². The van der Waals surface area contributed by atoms with Crippen molar-refractivity contribution in [2.45, 2.75) is 32.2 Å². The molecule has 0 aromatic heterocycles. The molecule has 1 aromatic rings. The van der Waals surface area contributed by atoms with Crippen molar-refractivity contribution >= 4 is 17.6 Å². The highest BCUT2D eigenvalue weighted by Crippen LogP contribution is 2.19. The van der Waals surface area contributed by atoms with Crippen molar-refractivity contribution in [3.05, 3.63) is 24.3 Å². The zero-order chi connectivity index (χ0) is 15.9. The molecule has 3 N–H and O–H groups in total. The Labute approximate surface area is 124 Å². The van der Waals surface area contributed by atoms with Crippen LogP contribution >= 0.6 is 0 Å². The second kappa shape index (κ2) is 7.64. The highest BCUT2D eigenvalue weighted by molar-refractivity contribution is 5.97. The van der Waals surface area contributed by atoms with Crippen molar-refractivity contribution in [2.24, 2.45) is 5.73 Å². The predicted molar refractivity (Wildman–Crippen MR) is 80.1 cm³/mol. The summed E-state index contributed by atoms with van der Waals surface area (Å²) in [5.41, 5.74) is 5.61. The SMILES string of the molecule is CCCC(C)(N)C(=O)Nc1cccc(OCC(=O)OC)c1. The van der Waals surface area contributed by atoms with E-state index in [0.717, 1.165) is 6.42 Å². The van der Waals surface area contributed by atoms with Crippen molar-refractivity contribution in [1.82, 2.24) is 0 Å². The van der Waals surface area contributed by atoms with Crippen LogP contribution in [0.4, 0.5) is 5.69 Å². The number of methoxy groups -OCH3 is 1. The number of anilines is 1. The Kier molecular flexibility index (Phi) is 6.17. The van der Waals surface area contributed by atoms with E-state index in [1.54, 1.807) is 31.2 Å². The van der Waals surface area contributed by atoms with Crippen LogP contribution in [0.2, 0.25) is 0 Å². The largest absolute Gasteiger partial charge is 0.482 e. The number of nitrogens with one attached hydrogen (secondary N) is 1. The van der Waals surface area contributed by atoms with Gasteiger partial charge in [-0.3, -0.25) is 4.79 Å². The lowest BCUT2D eigenvalue weighted by molar-refractivity contribution is -0.142. The predicted octanol–water partition coefficient (Wildman–Crippen LogP) is 1.69. The van der Waals surface area contributed by atoms with Gasteiger partial charge in [0.25, 0.3) is 0 Å². The summed E-state index contributed by atoms with van der Waals surface area (Å²) in [5, 5.41) is 2.75. The number of esters is 1. The Morgan fingerprint density at radius 1 is 1.38 bits per heavy atom. The number of nitrogens with two attached hydrogens (primary N) is 1. The van der Waals surface area contributed by atoms with Gasteiger partial charge in [0.1, 0.15) is 5.75 Å². The van der Waals surface area contributed by atoms with E-state index in [0.29, 0.717) is 17.9 Å². The summed E-state index contributed by atoms with van der Waals surface area (Å²) in [6.07, 6.45) is 1.42. The third-order valence-electron chi connectivity index (χ3n) is 2.96. The fourth-order valence-corrected chi connectivity index (χ4v) is 1.77. The van der Waals surface area contributed by atoms with Gasteiger partial charge >= 0.3 is 5.97 Å². The van der Waals surface area contributed by atoms with E-state index in [-0.39, 0.29) is 12.5 Å². The van der Waals surface area contributed by atoms with Gasteiger partial charge in [-0.25, -0.2) is 4.79 Å². The number of carbonyl (C=O) groups is 2. The van der Waals surface area contributed by atoms with Crippen LogP contribution in [-0.2, 0) is 14.3 Å². The van der Waals surface area contributed by atoms with Crippen LogP contribution < -0.4 is 15.8 Å². The fourth-order valence-electron chi connectivity index (χ4n) is 1.77. The summed E-state index contributed by atoms with van der Waals surface area (Å²) < 4.78 is 9.75. The molecule has 0 spiro atoms. The Bertz CT molecular complexity index is 500. The van der Waals surface area contributed by atoms with Gasteiger partial charge in [0, 0.05) is 11.8 Å². The third kappa shape index (κ3) is 5.43. The molecule has 1 atom stereocenters. The minimum Gasteiger partial charge on any atom is -0.482 e. The van der Waals surface area contributed by atoms with Crippen molar-refractivity contribution < 1.29 is 19.1 Å². The van der Waals surface area contributed by atoms with Gasteiger partial charge in [0.2, 0.25) is 5.91 Å². The average molecular weight is 294 g/mol. The molecule has 1 aromatic carbocycles. The summed E-state index contributed by atoms with van der Waals surface area (Å²) >= 11 is 0. The molecule has 116 valence electrons. The van der Waals surface area contributed by atoms with Gasteiger partial charge in [-0.1, -0.05) is 19.4 Å². The quantitative estimate of drug-likeness (QED) is 0.747. The molecule has 6 nitrogen and oxygen atoms in total. The van der Waals surface area contributed by atoms with Gasteiger partial charge < -0.3 is 20.5 Å². The van der Waals surface area contributed by atoms with Crippen LogP contribution in [0, 0.1) is 0 Å². The highest BCUT2D eigenvalue weighted by atomic mass is 16.6. The molecular formula is C15H22N2O4. The molecule has 6 heteroatoms. The van der Waals surface area contributed by atoms with Crippen LogP contribution in [-0.4, -0.2) is 31.1 Å². The molecule has 0 bridgehead atoms. The van der Waals surface area contributed by atoms with Gasteiger partial charge in [-0.15, -0.1) is 0 Å². The van der Waals surface area contributed by atoms with Crippen LogP contribution in [0.15, 0.2) is 24.3 Å². The normalized spacial score (nSPS) is 13.1. The van der Waals surface area contributed by atoms with E-state index in [9.17, 15) is 9.59 Å². The van der Waals surface area contributed by atoms with E-state index in [1.165, 1.54) is 7.11 Å². The van der Waals surface area contributed by atoms with Crippen LogP contribution in [0.25, 0.3) is 0 Å². The zero-order valence-electron chi connectivity index (χ0n) is 12.6. The Balaban J connectivity index is 2.68. The molecule has 21 heavy (non-hydrogen) atoms. The standard InChI is InChI=1S/C15H22N2O4/c1-4-8-15(2,16)14(19)17-11-6-5-7-12(9-11)21-10-13(18)20-3/h5-7,9H,4,8,10,16H2,1-3H3,(H,17,19). The number of hydrogen-bond acceptors (Lipinski definition) is 5. The van der Waals surface area contributed by atoms with Crippen molar-refractivity contribution in [3.8, 4) is 5.75 Å². The molecule has 0 aliphatic rings. The number of carbonyl (C=O) groups excluding carboxylic acids is 2. The Morgan fingerprint density at radius 3 is 2.71 bits per heavy atom. The molecule has 0 aliphatic carbocycles. The summed E-state index contributed by atoms with van der Waals surface area (Å²) in [5.74, 6) is -0.260. The summed E-state index contributed by atoms with van der Waals surface area (Å²) in [4.78, 5) is 23.1. The number of ether oxygens (including phenoxy) is 2. The summed E-state index contributed by atoms with van der Waals surface area (Å²) in [7, 11) is 1.29. The third-order valence-corrected chi connectivity index (χ3v) is 2.96. The monoisotopic (exact) mass is 294 g/mol. The molecule has 0 aliphatic heterocycles. The van der Waals surface area contributed by atoms with E-state index in [2.05, 4.69) is 10.1 Å². The number of benzene rings is 1. The van der Waals surface area contributed by atoms with Gasteiger partial charge in [-0.2, -0.15) is 0 Å². The minimum atomic E-state index is -0.919. The average Bonchev–Trinajstić information content (AvgIpc) is 2.45. The highest BCUT2D eigenvalue weighted by Gasteiger charge is 2.27. The molecule has 0 saturated heterocycles. The first kappa shape index (κ1) is 17.0. The molecular weight excluding hydrogens is 272 g/mol. The number of rotatable bonds is 7. The van der Waals surface area contributed by atoms with Crippen LogP contribution in [0.5, 0.6) is 5.75 Å². The van der Waals surface area contributed by atoms with Gasteiger partial charge in [0.15, 0.2) is 6.61 Å². The number of amides is 1. The lowest BCUT2D eigenvalue weighted by Crippen LogP contribution is -2.48. The van der Waals surface area contributed by atoms with E-state index >= 15 is 0 Å². The van der Waals surface area contributed by atoms with Crippen LogP contribution in [0.3, 0.4) is 0 Å². The van der Waals surface area contributed by atoms with Crippen molar-refractivity contribution in [3.63, 3.8) is 0 Å². The first-order valence-corrected chi connectivity index (χ1v) is 6.79. The van der Waals surface area contributed by atoms with Crippen molar-refractivity contribution in [2.75, 3.05) is 19.0 Å². The molecule has 1 rings (SSSR count). The smallest absolute Gasteiger partial charge is 0.343 e. The molecule has 0 saturated carbocycles. The maximum absolute atomic E-state index is 12.1. The summed E-state index contributed by atoms with van der Waals surface area (Å²) in [6.45, 7) is 3.49. The molecule has 0 heterocycles. The summed E-state index contributed by atoms with van der Waals surface area (Å²) in [6, 6.07) is 6.76. The topological polar surface area (TPSA) is 90.7 Å². The zero-order valence-corrected chi connectivity index (χ0v) is 12.6. The molecule has 1 amide bonds. The molecule has 0 radical (unpaired) electrons. The molecule has 1 unspecified atom stereocenters. The van der Waals surface area contributed by atoms with Crippen LogP contribution in [0.1, 0.15) is 26.7 Å². The Hall–Kier alpha value is -2.08. The molecule has 0 fully saturated rings. The lowest BCUT2D eigenvalue weighted by atomic mass is 9.96. The maximum atomic E-state index is 12.1. The van der Waals surface area contributed by atoms with E-state index in [4.69, 9.17) is 10.5 Å². The second-order valence-electron chi connectivity index (χ2n) is 5.01. The lowest BCUT2D eigenvalue weighted by Gasteiger charge is -2.22. The first-order valence-electron chi connectivity index (χ1n) is 6.79. The second-order valence-corrected chi connectivity index (χ2v) is 5.01. The van der Waals surface area contributed by atoms with Gasteiger partial charge in [0.05, 0.1) is 12.6 Å². The minimum absolute atomic E-state index is 0.182. The first-order chi connectivity index (χ1) is 9.89. The fraction of sp³-hybridized carbons (Fsp3) is 0.467. The maximum Gasteiger partial charge on any atom is 0.343 e. The van der Waals surface area contributed by atoms with Crippen molar-refractivity contribution in [1.29, 1.82) is 0 Å².